The van der Waals surface area contributed by atoms with Crippen molar-refractivity contribution in [2.75, 3.05) is 50.5 Å². The van der Waals surface area contributed by atoms with Crippen LogP contribution in [0.1, 0.15) is 54.0 Å². The van der Waals surface area contributed by atoms with Crippen LogP contribution >= 0.6 is 30.6 Å². The van der Waals surface area contributed by atoms with Crippen molar-refractivity contribution in [3.8, 4) is 29.3 Å². The lowest BCUT2D eigenvalue weighted by atomic mass is 10.1. The molecular formula is C51H56Cl2F6N11O20PS3. The number of sulfone groups is 1. The lowest BCUT2D eigenvalue weighted by Crippen LogP contribution is -2.36. The fourth-order valence-corrected chi connectivity index (χ4v) is 11.4. The van der Waals surface area contributed by atoms with Gasteiger partial charge in [-0.05, 0) is 86.8 Å². The second-order valence-electron chi connectivity index (χ2n) is 18.3. The number of nitrogens with one attached hydrogen (secondary N) is 4. The van der Waals surface area contributed by atoms with E-state index in [-0.39, 0.29) is 86.5 Å². The number of halogens is 8. The van der Waals surface area contributed by atoms with Crippen LogP contribution < -0.4 is 44.8 Å². The second-order valence-corrected chi connectivity index (χ2v) is 27.2. The van der Waals surface area contributed by atoms with Gasteiger partial charge in [0.15, 0.2) is 28.3 Å². The number of alkyl halides is 6. The molecule has 3 heterocycles. The molecule has 0 spiro atoms. The van der Waals surface area contributed by atoms with Gasteiger partial charge in [0.05, 0.1) is 59.2 Å². The molecule has 3 atom stereocenters. The smallest absolute Gasteiger partial charge is 0.416 e. The monoisotopic (exact) mass is 1450 g/mol. The average molecular weight is 1460 g/mol. The Morgan fingerprint density at radius 3 is 1.82 bits per heavy atom. The summed E-state index contributed by atoms with van der Waals surface area (Å²) in [5.74, 6) is -4.10. The molecule has 0 saturated carbocycles. The van der Waals surface area contributed by atoms with Crippen molar-refractivity contribution < 1.29 is 119 Å². The number of hydrogen-bond donors (Lipinski definition) is 8. The van der Waals surface area contributed by atoms with Crippen molar-refractivity contribution >= 4 is 102 Å². The molecule has 0 fully saturated rings. The number of carboxylic acids is 2. The number of carboxylic acid groups (broad SMARTS) is 2. The Hall–Kier alpha value is -8.79. The number of rotatable bonds is 22. The molecule has 9 N–H and O–H groups in total. The summed E-state index contributed by atoms with van der Waals surface area (Å²) in [5.41, 5.74) is 3.90. The number of methoxy groups -OCH3 is 3. The van der Waals surface area contributed by atoms with E-state index < -0.39 is 125 Å². The highest BCUT2D eigenvalue weighted by Gasteiger charge is 2.33. The Balaban J connectivity index is 0.000000340. The number of aliphatic carboxylic acids is 2. The number of nitrogens with two attached hydrogens (primary N) is 1. The quantitative estimate of drug-likeness (QED) is 0.0185. The molecule has 0 saturated heterocycles. The molecule has 514 valence electrons. The summed E-state index contributed by atoms with van der Waals surface area (Å²) < 4.78 is 188. The first-order valence-electron chi connectivity index (χ1n) is 25.7. The number of benzene rings is 3. The number of aromatic nitrogens is 6. The molecule has 4 amide bonds. The standard InChI is InChI=1S/C17H11Cl2F3O5.C15H16F3N5O4S.C14H17N5O7S2.C5H12NO4P/c1-8(15(23)24)26-16(25)11-7-10(3-4-12(11)18)27-14-5-2-9(6-13(14)19)17(20,21)22;1-9-19-12(22-14(20-9)27-2)21-13(24)23-28(25,26)11-6-4-3-5-10(11)7-8-15(16,17)18;1-4-27(21,22)9-6-5-7-15-12(9)28(23,24)19-14(20)18-13-16-10(25-2)8-11(17-13)26-3;1-11(9,10)3-2-4(6)5(7)8/h2-8H,1H3,(H,23,24);3-6H,7-8H2,1-2H3,(H2,19,20,21,22,23,24);5-8H,4H2,1-3H3,(H2,16,17,18,19,20);4H,2-3,6H2,1H3,(H,7,8)(H,9,10)/t8-;;;/m0.../s1. The highest BCUT2D eigenvalue weighted by Crippen LogP contribution is 2.38. The van der Waals surface area contributed by atoms with Crippen molar-refractivity contribution in [3.05, 3.63) is 118 Å². The normalized spacial score (nSPS) is 12.7. The minimum Gasteiger partial charge on any atom is -0.481 e. The lowest BCUT2D eigenvalue weighted by molar-refractivity contribution is -0.146. The first-order valence-corrected chi connectivity index (χ1v) is 33.4. The average Bonchev–Trinajstić information content (AvgIpc) is 0.816. The minimum atomic E-state index is -4.61. The van der Waals surface area contributed by atoms with Crippen molar-refractivity contribution in [2.45, 2.75) is 79.3 Å². The van der Waals surface area contributed by atoms with E-state index in [9.17, 15) is 80.1 Å². The topological polar surface area (TPSA) is 463 Å². The third kappa shape index (κ3) is 26.3. The zero-order chi connectivity index (χ0) is 71.3. The zero-order valence-electron chi connectivity index (χ0n) is 49.5. The van der Waals surface area contributed by atoms with Crippen molar-refractivity contribution in [1.29, 1.82) is 0 Å². The molecule has 6 aromatic rings. The number of carbonyl (C=O) groups excluding carboxylic acids is 3. The minimum absolute atomic E-state index is 0.0246. The third-order valence-electron chi connectivity index (χ3n) is 11.0. The van der Waals surface area contributed by atoms with Crippen LogP contribution in [0.25, 0.3) is 0 Å². The summed E-state index contributed by atoms with van der Waals surface area (Å²) in [6, 6.07) is 11.6. The largest absolute Gasteiger partial charge is 0.481 e. The summed E-state index contributed by atoms with van der Waals surface area (Å²) in [7, 11) is -12.1. The molecule has 3 aromatic heterocycles. The van der Waals surface area contributed by atoms with Gasteiger partial charge in [-0.3, -0.25) is 20.0 Å². The number of esters is 1. The van der Waals surface area contributed by atoms with Gasteiger partial charge >= 0.3 is 48.3 Å². The molecule has 31 nitrogen and oxygen atoms in total. The van der Waals surface area contributed by atoms with Crippen LogP contribution in [-0.2, 0) is 61.4 Å². The van der Waals surface area contributed by atoms with Gasteiger partial charge in [-0.1, -0.05) is 48.3 Å². The molecule has 43 heteroatoms. The number of urea groups is 2. The molecule has 94 heavy (non-hydrogen) atoms. The molecule has 0 aliphatic carbocycles. The van der Waals surface area contributed by atoms with Crippen LogP contribution in [0.2, 0.25) is 10.0 Å². The van der Waals surface area contributed by atoms with E-state index in [1.807, 2.05) is 0 Å². The summed E-state index contributed by atoms with van der Waals surface area (Å²) in [6.45, 7) is 5.20. The molecule has 6 rings (SSSR count). The number of nitrogens with zero attached hydrogens (tertiary/aromatic N) is 6. The van der Waals surface area contributed by atoms with E-state index in [4.69, 9.17) is 67.7 Å². The lowest BCUT2D eigenvalue weighted by Gasteiger charge is -2.13. The van der Waals surface area contributed by atoms with Gasteiger partial charge in [-0.15, -0.1) is 0 Å². The summed E-state index contributed by atoms with van der Waals surface area (Å²) in [4.78, 5) is 87.4. The molecule has 0 radical (unpaired) electrons. The third-order valence-corrected chi connectivity index (χ3v) is 17.3. The van der Waals surface area contributed by atoms with E-state index in [1.165, 1.54) is 84.3 Å². The van der Waals surface area contributed by atoms with Gasteiger partial charge in [0.1, 0.15) is 28.3 Å². The second kappa shape index (κ2) is 34.4. The van der Waals surface area contributed by atoms with Gasteiger partial charge in [0.2, 0.25) is 23.7 Å². The Morgan fingerprint density at radius 2 is 1.30 bits per heavy atom. The number of anilines is 2. The van der Waals surface area contributed by atoms with Gasteiger partial charge in [-0.2, -0.15) is 59.7 Å². The van der Waals surface area contributed by atoms with Crippen molar-refractivity contribution in [1.82, 2.24) is 39.3 Å². The Kier molecular flexibility index (Phi) is 29.1. The number of aryl methyl sites for hydroxylation is 2. The van der Waals surface area contributed by atoms with E-state index in [1.54, 1.807) is 9.44 Å². The van der Waals surface area contributed by atoms with Gasteiger partial charge in [-0.25, -0.2) is 50.4 Å². The Bertz CT molecular complexity index is 4090. The van der Waals surface area contributed by atoms with Crippen LogP contribution in [-0.4, -0.2) is 158 Å². The molecule has 0 bridgehead atoms. The summed E-state index contributed by atoms with van der Waals surface area (Å²) in [5, 5.41) is 20.2. The maximum atomic E-state index is 12.7. The molecule has 3 aromatic carbocycles. The van der Waals surface area contributed by atoms with E-state index in [0.29, 0.717) is 6.07 Å². The highest BCUT2D eigenvalue weighted by atomic mass is 35.5. The zero-order valence-corrected chi connectivity index (χ0v) is 54.4. The fourth-order valence-electron chi connectivity index (χ4n) is 6.48. The predicted molar refractivity (Wildman–Crippen MR) is 319 cm³/mol. The Morgan fingerprint density at radius 1 is 0.723 bits per heavy atom. The fraction of sp³-hybridized carbons (Fsp3) is 0.314. The van der Waals surface area contributed by atoms with Gasteiger partial charge < -0.3 is 44.5 Å². The summed E-state index contributed by atoms with van der Waals surface area (Å²) >= 11 is 11.7. The SMILES string of the molecule is CCS(=O)(=O)c1cccnc1S(=O)(=O)NC(=O)Nc1nc(OC)cc(OC)n1.COc1nc(C)nc(NC(=O)NS(=O)(=O)c2ccccc2CCC(F)(F)F)n1.CP(=O)(O)CCC(N)C(=O)O.C[C@H](OC(=O)c1cc(Oc2ccc(C(F)(F)F)cc2Cl)ccc1Cl)C(=O)O. The summed E-state index contributed by atoms with van der Waals surface area (Å²) in [6.07, 6.45) is -11.1. The molecule has 2 unspecified atom stereocenters. The van der Waals surface area contributed by atoms with E-state index >= 15 is 0 Å². The Labute approximate surface area is 540 Å². The number of ether oxygens (including phenoxy) is 5. The number of hydrogen-bond acceptors (Lipinski definition) is 24. The van der Waals surface area contributed by atoms with Crippen LogP contribution in [0.5, 0.6) is 29.3 Å². The predicted octanol–water partition coefficient (Wildman–Crippen LogP) is 7.51. The van der Waals surface area contributed by atoms with Gasteiger partial charge in [0, 0.05) is 25.4 Å². The number of carbonyl (C=O) groups is 5. The van der Waals surface area contributed by atoms with Gasteiger partial charge in [0.25, 0.3) is 20.0 Å². The van der Waals surface area contributed by atoms with E-state index in [0.717, 1.165) is 43.5 Å². The molecule has 0 aliphatic rings. The number of sulfonamides is 2. The first kappa shape index (κ1) is 79.4. The maximum Gasteiger partial charge on any atom is 0.416 e. The number of amides is 4. The van der Waals surface area contributed by atoms with Crippen LogP contribution in [0.3, 0.4) is 0 Å². The highest BCUT2D eigenvalue weighted by molar-refractivity contribution is 7.93. The molecular weight excluding hydrogens is 1400 g/mol. The van der Waals surface area contributed by atoms with Crippen LogP contribution in [0.4, 0.5) is 47.8 Å². The maximum absolute atomic E-state index is 12.7. The van der Waals surface area contributed by atoms with Crippen LogP contribution in [0, 0.1) is 6.92 Å². The number of pyridine rings is 1. The van der Waals surface area contributed by atoms with Crippen molar-refractivity contribution in [3.63, 3.8) is 0 Å². The van der Waals surface area contributed by atoms with Crippen molar-refractivity contribution in [2.24, 2.45) is 5.73 Å². The first-order chi connectivity index (χ1) is 43.4. The van der Waals surface area contributed by atoms with E-state index in [2.05, 4.69) is 40.5 Å². The van der Waals surface area contributed by atoms with Crippen LogP contribution in [0.15, 0.2) is 99.9 Å². The molecule has 0 aliphatic heterocycles.